The van der Waals surface area contributed by atoms with Crippen LogP contribution >= 0.6 is 24.8 Å². The average Bonchev–Trinajstić information content (AvgIpc) is 1.69. The first-order valence-electron chi connectivity index (χ1n) is 2.05. The average molecular weight is 167 g/mol. The quantitative estimate of drug-likeness (QED) is 0.635. The van der Waals surface area contributed by atoms with Gasteiger partial charge in [0.25, 0.3) is 0 Å². The van der Waals surface area contributed by atoms with E-state index in [0.29, 0.717) is 0 Å². The van der Waals surface area contributed by atoms with E-state index in [-0.39, 0.29) is 24.8 Å². The summed E-state index contributed by atoms with van der Waals surface area (Å²) >= 11 is 0. The zero-order chi connectivity index (χ0) is 5.11. The molecule has 1 rings (SSSR count). The smallest absolute Gasteiger partial charge is 0.0344 e. The second-order valence-electron chi connectivity index (χ2n) is 1.28. The number of nitrogens with zero attached hydrogens (tertiary/aromatic N) is 1. The molecule has 4 heteroatoms. The third-order valence-corrected chi connectivity index (χ3v) is 0.706. The van der Waals surface area contributed by atoms with Gasteiger partial charge in [-0.05, 0) is 12.1 Å². The Morgan fingerprint density at radius 3 is 1.78 bits per heavy atom. The molecule has 0 bridgehead atoms. The second-order valence-corrected chi connectivity index (χ2v) is 1.28. The lowest BCUT2D eigenvalue weighted by Gasteiger charge is -1.83. The fourth-order valence-corrected chi connectivity index (χ4v) is 0.363. The topological polar surface area (TPSA) is 38.9 Å². The van der Waals surface area contributed by atoms with Crippen LogP contribution in [0.3, 0.4) is 0 Å². The molecule has 2 nitrogen and oxygen atoms in total. The van der Waals surface area contributed by atoms with Gasteiger partial charge in [-0.2, -0.15) is 0 Å². The van der Waals surface area contributed by atoms with Crippen LogP contribution in [0.2, 0.25) is 0 Å². The van der Waals surface area contributed by atoms with Crippen LogP contribution in [0.25, 0.3) is 0 Å². The van der Waals surface area contributed by atoms with E-state index in [1.54, 1.807) is 24.5 Å². The fraction of sp³-hybridized carbons (Fsp3) is 0. The molecule has 0 spiro atoms. The maximum atomic E-state index is 5.32. The summed E-state index contributed by atoms with van der Waals surface area (Å²) in [6, 6.07) is 3.50. The molecule has 1 aromatic rings. The molecular weight excluding hydrogens is 159 g/mol. The zero-order valence-corrected chi connectivity index (χ0v) is 6.28. The Bertz CT molecular complexity index is 143. The van der Waals surface area contributed by atoms with Crippen LogP contribution in [0, 0.1) is 0 Å². The van der Waals surface area contributed by atoms with Gasteiger partial charge >= 0.3 is 0 Å². The van der Waals surface area contributed by atoms with Crippen molar-refractivity contribution in [2.45, 2.75) is 0 Å². The van der Waals surface area contributed by atoms with E-state index < -0.39 is 0 Å². The lowest BCUT2D eigenvalue weighted by atomic mass is 10.4. The fourth-order valence-electron chi connectivity index (χ4n) is 0.363. The summed E-state index contributed by atoms with van der Waals surface area (Å²) < 4.78 is 0. The lowest BCUT2D eigenvalue weighted by molar-refractivity contribution is 1.33. The molecule has 0 atom stereocenters. The summed E-state index contributed by atoms with van der Waals surface area (Å²) in [5.41, 5.74) is 6.08. The Hall–Kier alpha value is -0.470. The number of halogens is 2. The first-order chi connectivity index (χ1) is 3.39. The number of nitrogens with two attached hydrogens (primary N) is 1. The van der Waals surface area contributed by atoms with Gasteiger partial charge < -0.3 is 5.73 Å². The molecule has 2 N–H and O–H groups in total. The standard InChI is InChI=1S/C5H6N2.2ClH/c6-5-1-3-7-4-2-5;;/h1-4H,(H2,6,7);2*1H. The Morgan fingerprint density at radius 1 is 1.11 bits per heavy atom. The maximum Gasteiger partial charge on any atom is 0.0344 e. The van der Waals surface area contributed by atoms with Gasteiger partial charge in [0, 0.05) is 18.1 Å². The summed E-state index contributed by atoms with van der Waals surface area (Å²) in [5.74, 6) is 0. The largest absolute Gasteiger partial charge is 0.399 e. The first kappa shape index (κ1) is 11.3. The summed E-state index contributed by atoms with van der Waals surface area (Å²) in [4.78, 5) is 3.77. The summed E-state index contributed by atoms with van der Waals surface area (Å²) in [5, 5.41) is 0. The van der Waals surface area contributed by atoms with Gasteiger partial charge in [0.2, 0.25) is 0 Å². The molecule has 1 heterocycles. The van der Waals surface area contributed by atoms with E-state index in [1.807, 2.05) is 0 Å². The van der Waals surface area contributed by atoms with E-state index in [1.165, 1.54) is 0 Å². The van der Waals surface area contributed by atoms with Crippen LogP contribution in [0.1, 0.15) is 0 Å². The van der Waals surface area contributed by atoms with E-state index in [0.717, 1.165) is 5.69 Å². The molecule has 0 radical (unpaired) electrons. The number of anilines is 1. The highest BCUT2D eigenvalue weighted by molar-refractivity contribution is 5.85. The molecule has 0 amide bonds. The molecule has 0 aliphatic rings. The van der Waals surface area contributed by atoms with Gasteiger partial charge in [0.1, 0.15) is 0 Å². The normalized spacial score (nSPS) is 6.67. The SMILES string of the molecule is Cl.Cl.Nc1ccncc1. The van der Waals surface area contributed by atoms with Crippen LogP contribution in [-0.2, 0) is 0 Å². The molecule has 0 saturated heterocycles. The first-order valence-corrected chi connectivity index (χ1v) is 2.05. The Balaban J connectivity index is 0. The van der Waals surface area contributed by atoms with Crippen molar-refractivity contribution in [1.29, 1.82) is 0 Å². The zero-order valence-electron chi connectivity index (χ0n) is 4.65. The molecule has 0 saturated carbocycles. The van der Waals surface area contributed by atoms with E-state index in [4.69, 9.17) is 5.73 Å². The van der Waals surface area contributed by atoms with Crippen molar-refractivity contribution in [2.75, 3.05) is 5.73 Å². The Kier molecular flexibility index (Phi) is 7.14. The lowest BCUT2D eigenvalue weighted by Crippen LogP contribution is -1.81. The molecule has 52 valence electrons. The molecular formula is C5H8Cl2N2. The third-order valence-electron chi connectivity index (χ3n) is 0.706. The molecule has 0 unspecified atom stereocenters. The van der Waals surface area contributed by atoms with Crippen molar-refractivity contribution in [3.05, 3.63) is 24.5 Å². The van der Waals surface area contributed by atoms with Crippen molar-refractivity contribution in [3.8, 4) is 0 Å². The summed E-state index contributed by atoms with van der Waals surface area (Å²) in [7, 11) is 0. The highest BCUT2D eigenvalue weighted by atomic mass is 35.5. The van der Waals surface area contributed by atoms with Crippen molar-refractivity contribution in [3.63, 3.8) is 0 Å². The van der Waals surface area contributed by atoms with Gasteiger partial charge in [-0.15, -0.1) is 24.8 Å². The van der Waals surface area contributed by atoms with Gasteiger partial charge in [-0.1, -0.05) is 0 Å². The predicted octanol–water partition coefficient (Wildman–Crippen LogP) is 1.51. The predicted molar refractivity (Wildman–Crippen MR) is 43.1 cm³/mol. The highest BCUT2D eigenvalue weighted by Gasteiger charge is 1.73. The van der Waals surface area contributed by atoms with E-state index in [2.05, 4.69) is 4.98 Å². The van der Waals surface area contributed by atoms with Crippen LogP contribution in [0.4, 0.5) is 5.69 Å². The van der Waals surface area contributed by atoms with E-state index >= 15 is 0 Å². The van der Waals surface area contributed by atoms with Crippen molar-refractivity contribution in [2.24, 2.45) is 0 Å². The minimum absolute atomic E-state index is 0. The molecule has 0 aromatic carbocycles. The van der Waals surface area contributed by atoms with Crippen LogP contribution in [0.15, 0.2) is 24.5 Å². The summed E-state index contributed by atoms with van der Waals surface area (Å²) in [6.07, 6.45) is 3.32. The minimum atomic E-state index is 0. The number of aromatic nitrogens is 1. The van der Waals surface area contributed by atoms with Crippen molar-refractivity contribution < 1.29 is 0 Å². The van der Waals surface area contributed by atoms with Gasteiger partial charge in [-0.3, -0.25) is 4.98 Å². The van der Waals surface area contributed by atoms with Crippen LogP contribution in [0.5, 0.6) is 0 Å². The number of nitrogen functional groups attached to an aromatic ring is 1. The second kappa shape index (κ2) is 5.66. The Morgan fingerprint density at radius 2 is 1.56 bits per heavy atom. The minimum Gasteiger partial charge on any atom is -0.399 e. The van der Waals surface area contributed by atoms with Crippen molar-refractivity contribution in [1.82, 2.24) is 4.98 Å². The number of pyridine rings is 1. The van der Waals surface area contributed by atoms with Crippen LogP contribution in [-0.4, -0.2) is 4.98 Å². The van der Waals surface area contributed by atoms with Crippen LogP contribution < -0.4 is 5.73 Å². The number of rotatable bonds is 0. The molecule has 0 aliphatic heterocycles. The van der Waals surface area contributed by atoms with Gasteiger partial charge in [-0.25, -0.2) is 0 Å². The third kappa shape index (κ3) is 4.06. The Labute approximate surface area is 66.3 Å². The molecule has 0 aliphatic carbocycles. The molecule has 0 fully saturated rings. The van der Waals surface area contributed by atoms with Gasteiger partial charge in [0.15, 0.2) is 0 Å². The van der Waals surface area contributed by atoms with Crippen molar-refractivity contribution >= 4 is 30.5 Å². The monoisotopic (exact) mass is 166 g/mol. The maximum absolute atomic E-state index is 5.32. The van der Waals surface area contributed by atoms with E-state index in [9.17, 15) is 0 Å². The summed E-state index contributed by atoms with van der Waals surface area (Å²) in [6.45, 7) is 0. The van der Waals surface area contributed by atoms with Gasteiger partial charge in [0.05, 0.1) is 0 Å². The molecule has 9 heavy (non-hydrogen) atoms. The highest BCUT2D eigenvalue weighted by Crippen LogP contribution is 1.92. The number of hydrogen-bond donors (Lipinski definition) is 1. The number of hydrogen-bond acceptors (Lipinski definition) is 2. The molecule has 1 aromatic heterocycles.